The van der Waals surface area contributed by atoms with E-state index in [4.69, 9.17) is 28.3 Å². The molecule has 9 nitrogen and oxygen atoms in total. The molecule has 3 aromatic rings. The molecule has 1 aromatic heterocycles. The van der Waals surface area contributed by atoms with E-state index >= 15 is 0 Å². The number of hydrogen-bond acceptors (Lipinski definition) is 5. The Bertz CT molecular complexity index is 1420. The van der Waals surface area contributed by atoms with Gasteiger partial charge < -0.3 is 25.4 Å². The summed E-state index contributed by atoms with van der Waals surface area (Å²) in [6, 6.07) is 8.99. The second-order valence-corrected chi connectivity index (χ2v) is 8.62. The maximum absolute atomic E-state index is 14.4. The van der Waals surface area contributed by atoms with Gasteiger partial charge in [-0.2, -0.15) is 0 Å². The molecule has 0 unspecified atom stereocenters. The number of amides is 2. The zero-order chi connectivity index (χ0) is 26.6. The Morgan fingerprint density at radius 2 is 1.75 bits per heavy atom. The topological polar surface area (TPSA) is 138 Å². The van der Waals surface area contributed by atoms with Crippen molar-refractivity contribution in [3.05, 3.63) is 96.6 Å². The summed E-state index contributed by atoms with van der Waals surface area (Å²) in [4.78, 5) is 49.3. The molecule has 0 saturated heterocycles. The van der Waals surface area contributed by atoms with Crippen molar-refractivity contribution in [2.24, 2.45) is 0 Å². The number of aromatic hydroxyl groups is 1. The van der Waals surface area contributed by atoms with Crippen molar-refractivity contribution in [1.29, 1.82) is 0 Å². The fourth-order valence-electron chi connectivity index (χ4n) is 3.28. The minimum Gasteiger partial charge on any atom is -0.506 e. The summed E-state index contributed by atoms with van der Waals surface area (Å²) in [7, 11) is 0. The normalized spacial score (nSPS) is 10.7. The molecule has 12 heteroatoms. The summed E-state index contributed by atoms with van der Waals surface area (Å²) in [5.41, 5.74) is -1.05. The van der Waals surface area contributed by atoms with Gasteiger partial charge in [-0.3, -0.25) is 19.2 Å². The van der Waals surface area contributed by atoms with Gasteiger partial charge in [-0.1, -0.05) is 41.4 Å². The van der Waals surface area contributed by atoms with E-state index in [-0.39, 0.29) is 23.7 Å². The molecule has 36 heavy (non-hydrogen) atoms. The van der Waals surface area contributed by atoms with Crippen LogP contribution in [0.1, 0.15) is 37.4 Å². The first-order chi connectivity index (χ1) is 17.0. The van der Waals surface area contributed by atoms with Gasteiger partial charge in [-0.25, -0.2) is 4.39 Å². The smallest absolute Gasteiger partial charge is 0.322 e. The lowest BCUT2D eigenvalue weighted by molar-refractivity contribution is -0.135. The minimum atomic E-state index is -1.39. The number of aliphatic carboxylic acids is 1. The highest BCUT2D eigenvalue weighted by Gasteiger charge is 2.25. The predicted molar refractivity (Wildman–Crippen MR) is 130 cm³/mol. The first-order valence-electron chi connectivity index (χ1n) is 10.4. The molecule has 2 amide bonds. The molecule has 0 atom stereocenters. The number of nitrogens with one attached hydrogen (secondary N) is 2. The summed E-state index contributed by atoms with van der Waals surface area (Å²) >= 11 is 11.9. The molecule has 0 spiro atoms. The highest BCUT2D eigenvalue weighted by molar-refractivity contribution is 6.42. The van der Waals surface area contributed by atoms with Crippen LogP contribution < -0.4 is 16.2 Å². The van der Waals surface area contributed by atoms with E-state index in [1.54, 1.807) is 19.1 Å². The fraction of sp³-hybridized carbons (Fsp3) is 0.167. The highest BCUT2D eigenvalue weighted by Crippen LogP contribution is 2.24. The number of carboxylic acids is 1. The summed E-state index contributed by atoms with van der Waals surface area (Å²) in [5.74, 6) is -5.02. The third-order valence-electron chi connectivity index (χ3n) is 5.11. The molecule has 0 aliphatic rings. The van der Waals surface area contributed by atoms with Gasteiger partial charge in [0.2, 0.25) is 0 Å². The molecular weight excluding hydrogens is 516 g/mol. The van der Waals surface area contributed by atoms with Crippen LogP contribution in [0.5, 0.6) is 5.75 Å². The molecule has 188 valence electrons. The molecule has 0 fully saturated rings. The van der Waals surface area contributed by atoms with Crippen molar-refractivity contribution >= 4 is 41.0 Å². The number of rotatable bonds is 8. The van der Waals surface area contributed by atoms with Crippen LogP contribution in [0.4, 0.5) is 4.39 Å². The Morgan fingerprint density at radius 1 is 1.03 bits per heavy atom. The van der Waals surface area contributed by atoms with Crippen LogP contribution in [-0.2, 0) is 17.9 Å². The van der Waals surface area contributed by atoms with Crippen molar-refractivity contribution in [1.82, 2.24) is 15.2 Å². The zero-order valence-electron chi connectivity index (χ0n) is 18.8. The number of hydrogen-bond donors (Lipinski definition) is 4. The molecule has 1 heterocycles. The van der Waals surface area contributed by atoms with Gasteiger partial charge in [0.25, 0.3) is 17.4 Å². The Morgan fingerprint density at radius 3 is 2.39 bits per heavy atom. The van der Waals surface area contributed by atoms with Gasteiger partial charge in [0, 0.05) is 18.3 Å². The standard InChI is InChI=1S/C24H20Cl2FN3O6/c1-12-2-4-14(18(27)6-12)10-30-11-15(21(33)20(24(30)36)23(35)29-9-19(31)32)22(34)28-8-13-3-5-16(25)17(26)7-13/h2-7,11,33H,8-10H2,1H3,(H,28,34)(H,29,35)(H,31,32). The van der Waals surface area contributed by atoms with Crippen LogP contribution in [0.3, 0.4) is 0 Å². The van der Waals surface area contributed by atoms with Crippen LogP contribution in [0.15, 0.2) is 47.4 Å². The largest absolute Gasteiger partial charge is 0.506 e. The summed E-state index contributed by atoms with van der Waals surface area (Å²) < 4.78 is 15.3. The third kappa shape index (κ3) is 6.21. The quantitative estimate of drug-likeness (QED) is 0.349. The van der Waals surface area contributed by atoms with E-state index in [2.05, 4.69) is 5.32 Å². The predicted octanol–water partition coefficient (Wildman–Crippen LogP) is 3.10. The van der Waals surface area contributed by atoms with E-state index in [0.717, 1.165) is 10.8 Å². The molecular formula is C24H20Cl2FN3O6. The van der Waals surface area contributed by atoms with Crippen molar-refractivity contribution < 1.29 is 29.0 Å². The number of nitrogens with zero attached hydrogens (tertiary/aromatic N) is 1. The lowest BCUT2D eigenvalue weighted by atomic mass is 10.1. The van der Waals surface area contributed by atoms with Gasteiger partial charge in [-0.15, -0.1) is 0 Å². The number of carbonyl (C=O) groups excluding carboxylic acids is 2. The molecule has 3 rings (SSSR count). The average Bonchev–Trinajstić information content (AvgIpc) is 2.81. The van der Waals surface area contributed by atoms with E-state index in [1.165, 1.54) is 24.3 Å². The zero-order valence-corrected chi connectivity index (χ0v) is 20.3. The number of aromatic nitrogens is 1. The van der Waals surface area contributed by atoms with Gasteiger partial charge in [0.05, 0.1) is 22.2 Å². The summed E-state index contributed by atoms with van der Waals surface area (Å²) in [6.45, 7) is 0.442. The third-order valence-corrected chi connectivity index (χ3v) is 5.85. The Labute approximate surface area is 214 Å². The maximum atomic E-state index is 14.4. The van der Waals surface area contributed by atoms with Gasteiger partial charge >= 0.3 is 5.97 Å². The van der Waals surface area contributed by atoms with Crippen molar-refractivity contribution in [3.63, 3.8) is 0 Å². The molecule has 0 radical (unpaired) electrons. The van der Waals surface area contributed by atoms with Gasteiger partial charge in [0.15, 0.2) is 0 Å². The first-order valence-corrected chi connectivity index (χ1v) is 11.2. The Balaban J connectivity index is 2.01. The van der Waals surface area contributed by atoms with Crippen LogP contribution >= 0.6 is 23.2 Å². The monoisotopic (exact) mass is 535 g/mol. The first kappa shape index (κ1) is 26.7. The van der Waals surface area contributed by atoms with Crippen LogP contribution in [0.2, 0.25) is 10.0 Å². The number of carbonyl (C=O) groups is 3. The van der Waals surface area contributed by atoms with Crippen molar-refractivity contribution in [3.8, 4) is 5.75 Å². The second kappa shape index (κ2) is 11.2. The Hall–Kier alpha value is -3.89. The lowest BCUT2D eigenvalue weighted by Gasteiger charge is -2.15. The molecule has 0 saturated carbocycles. The van der Waals surface area contributed by atoms with Gasteiger partial charge in [0.1, 0.15) is 23.7 Å². The highest BCUT2D eigenvalue weighted by atomic mass is 35.5. The van der Waals surface area contributed by atoms with E-state index in [9.17, 15) is 28.7 Å². The molecule has 0 aliphatic carbocycles. The molecule has 0 bridgehead atoms. The molecule has 2 aromatic carbocycles. The second-order valence-electron chi connectivity index (χ2n) is 7.80. The number of benzene rings is 2. The lowest BCUT2D eigenvalue weighted by Crippen LogP contribution is -2.37. The van der Waals surface area contributed by atoms with E-state index < -0.39 is 52.6 Å². The number of halogens is 3. The summed E-state index contributed by atoms with van der Waals surface area (Å²) in [5, 5.41) is 24.6. The average molecular weight is 536 g/mol. The van der Waals surface area contributed by atoms with Crippen molar-refractivity contribution in [2.75, 3.05) is 6.54 Å². The van der Waals surface area contributed by atoms with Crippen LogP contribution in [0, 0.1) is 12.7 Å². The number of carboxylic acid groups (broad SMARTS) is 1. The summed E-state index contributed by atoms with van der Waals surface area (Å²) in [6.07, 6.45) is 0.995. The van der Waals surface area contributed by atoms with E-state index in [0.29, 0.717) is 16.1 Å². The maximum Gasteiger partial charge on any atom is 0.322 e. The van der Waals surface area contributed by atoms with E-state index in [1.807, 2.05) is 5.32 Å². The van der Waals surface area contributed by atoms with Crippen LogP contribution in [0.25, 0.3) is 0 Å². The molecule has 4 N–H and O–H groups in total. The number of aryl methyl sites for hydroxylation is 1. The Kier molecular flexibility index (Phi) is 8.33. The van der Waals surface area contributed by atoms with Crippen molar-refractivity contribution in [2.45, 2.75) is 20.0 Å². The van der Waals surface area contributed by atoms with Crippen LogP contribution in [-0.4, -0.2) is 39.1 Å². The number of pyridine rings is 1. The minimum absolute atomic E-state index is 0.0403. The SMILES string of the molecule is Cc1ccc(Cn2cc(C(=O)NCc3ccc(Cl)c(Cl)c3)c(O)c(C(=O)NCC(=O)O)c2=O)c(F)c1. The molecule has 0 aliphatic heterocycles. The van der Waals surface area contributed by atoms with Gasteiger partial charge in [-0.05, 0) is 36.2 Å². The fourth-order valence-corrected chi connectivity index (χ4v) is 3.60.